The van der Waals surface area contributed by atoms with Crippen LogP contribution in [-0.2, 0) is 4.79 Å². The molecule has 0 unspecified atom stereocenters. The second kappa shape index (κ2) is 7.14. The summed E-state index contributed by atoms with van der Waals surface area (Å²) >= 11 is 1.64. The van der Waals surface area contributed by atoms with Gasteiger partial charge >= 0.3 is 6.03 Å². The Bertz CT molecular complexity index is 1120. The number of aryl methyl sites for hydroxylation is 1. The van der Waals surface area contributed by atoms with Gasteiger partial charge in [-0.05, 0) is 56.5 Å². The van der Waals surface area contributed by atoms with Crippen LogP contribution >= 0.6 is 11.3 Å². The minimum atomic E-state index is -0.822. The number of carbonyl (C=O) groups is 2. The average molecular weight is 422 g/mol. The number of carbonyl (C=O) groups excluding carboxylic acids is 2. The zero-order valence-corrected chi connectivity index (χ0v) is 17.8. The third-order valence-corrected chi connectivity index (χ3v) is 7.16. The molecular formula is C22H23N5O2S. The molecule has 30 heavy (non-hydrogen) atoms. The molecule has 4 heterocycles. The highest BCUT2D eigenvalue weighted by molar-refractivity contribution is 7.16. The van der Waals surface area contributed by atoms with E-state index in [0.29, 0.717) is 18.5 Å². The summed E-state index contributed by atoms with van der Waals surface area (Å²) in [5, 5.41) is 2.98. The molecule has 1 N–H and O–H groups in total. The van der Waals surface area contributed by atoms with E-state index in [-0.39, 0.29) is 18.0 Å². The summed E-state index contributed by atoms with van der Waals surface area (Å²) in [5.74, 6) is -0.172. The maximum atomic E-state index is 13.2. The Morgan fingerprint density at radius 1 is 1.13 bits per heavy atom. The number of amides is 3. The van der Waals surface area contributed by atoms with E-state index in [1.807, 2.05) is 18.5 Å². The molecule has 2 aliphatic rings. The van der Waals surface area contributed by atoms with Gasteiger partial charge < -0.3 is 5.32 Å². The number of hydrogen-bond donors (Lipinski definition) is 1. The van der Waals surface area contributed by atoms with Gasteiger partial charge in [-0.25, -0.2) is 14.7 Å². The number of benzene rings is 1. The molecule has 3 amide bonds. The first kappa shape index (κ1) is 19.1. The molecular weight excluding hydrogens is 398 g/mol. The van der Waals surface area contributed by atoms with Gasteiger partial charge in [0.15, 0.2) is 0 Å². The van der Waals surface area contributed by atoms with E-state index in [9.17, 15) is 9.59 Å². The summed E-state index contributed by atoms with van der Waals surface area (Å²) in [6.07, 6.45) is 2.77. The van der Waals surface area contributed by atoms with Gasteiger partial charge in [0.2, 0.25) is 0 Å². The molecule has 8 heteroatoms. The normalized spacial score (nSPS) is 20.1. The van der Waals surface area contributed by atoms with Crippen molar-refractivity contribution in [2.24, 2.45) is 0 Å². The van der Waals surface area contributed by atoms with Crippen LogP contribution in [0.1, 0.15) is 37.1 Å². The Morgan fingerprint density at radius 3 is 2.67 bits per heavy atom. The molecule has 7 nitrogen and oxygen atoms in total. The van der Waals surface area contributed by atoms with Gasteiger partial charge in [-0.2, -0.15) is 0 Å². The van der Waals surface area contributed by atoms with Gasteiger partial charge in [0.05, 0.1) is 27.6 Å². The molecule has 2 fully saturated rings. The predicted octanol–water partition coefficient (Wildman–Crippen LogP) is 3.65. The van der Waals surface area contributed by atoms with Gasteiger partial charge in [-0.3, -0.25) is 14.7 Å². The van der Waals surface area contributed by atoms with Crippen LogP contribution in [0.4, 0.5) is 10.5 Å². The average Bonchev–Trinajstić information content (AvgIpc) is 3.31. The van der Waals surface area contributed by atoms with Crippen molar-refractivity contribution in [2.75, 3.05) is 18.0 Å². The number of likely N-dealkylation sites (tertiary alicyclic amines) is 1. The SMILES string of the molecule is Cc1ccc(N2C(=O)NC3(CCN([C@H](C)c4ccc5scnc5c4)CC3)C2=O)cn1. The molecule has 3 aromatic rings. The van der Waals surface area contributed by atoms with Crippen LogP contribution in [0.2, 0.25) is 0 Å². The molecule has 2 saturated heterocycles. The van der Waals surface area contributed by atoms with E-state index in [0.717, 1.165) is 24.3 Å². The van der Waals surface area contributed by atoms with Crippen molar-refractivity contribution in [1.29, 1.82) is 0 Å². The lowest BCUT2D eigenvalue weighted by Crippen LogP contribution is -2.55. The third-order valence-electron chi connectivity index (χ3n) is 6.35. The summed E-state index contributed by atoms with van der Waals surface area (Å²) in [6.45, 7) is 5.54. The number of piperidine rings is 1. The zero-order valence-electron chi connectivity index (χ0n) is 17.0. The highest BCUT2D eigenvalue weighted by atomic mass is 32.1. The van der Waals surface area contributed by atoms with E-state index in [2.05, 4.69) is 45.3 Å². The Balaban J connectivity index is 1.31. The number of aromatic nitrogens is 2. The monoisotopic (exact) mass is 421 g/mol. The van der Waals surface area contributed by atoms with E-state index < -0.39 is 5.54 Å². The number of thiazole rings is 1. The van der Waals surface area contributed by atoms with Crippen LogP contribution in [0.5, 0.6) is 0 Å². The topological polar surface area (TPSA) is 78.4 Å². The number of pyridine rings is 1. The lowest BCUT2D eigenvalue weighted by atomic mass is 9.86. The number of rotatable bonds is 3. The lowest BCUT2D eigenvalue weighted by molar-refractivity contribution is -0.124. The fourth-order valence-corrected chi connectivity index (χ4v) is 5.08. The molecule has 0 radical (unpaired) electrons. The highest BCUT2D eigenvalue weighted by Gasteiger charge is 2.53. The first-order valence-corrected chi connectivity index (χ1v) is 11.0. The summed E-state index contributed by atoms with van der Waals surface area (Å²) in [4.78, 5) is 38.1. The summed E-state index contributed by atoms with van der Waals surface area (Å²) in [6, 6.07) is 9.87. The van der Waals surface area contributed by atoms with Crippen molar-refractivity contribution in [1.82, 2.24) is 20.2 Å². The van der Waals surface area contributed by atoms with Gasteiger partial charge in [0, 0.05) is 24.8 Å². The number of fused-ring (bicyclic) bond motifs is 1. The quantitative estimate of drug-likeness (QED) is 0.653. The second-order valence-electron chi connectivity index (χ2n) is 8.10. The highest BCUT2D eigenvalue weighted by Crippen LogP contribution is 2.35. The molecule has 1 spiro atoms. The summed E-state index contributed by atoms with van der Waals surface area (Å²) in [5.41, 5.74) is 4.66. The second-order valence-corrected chi connectivity index (χ2v) is 8.99. The fourth-order valence-electron chi connectivity index (χ4n) is 4.42. The van der Waals surface area contributed by atoms with Crippen LogP contribution in [0.3, 0.4) is 0 Å². The number of imide groups is 1. The predicted molar refractivity (Wildman–Crippen MR) is 117 cm³/mol. The van der Waals surface area contributed by atoms with E-state index in [1.54, 1.807) is 23.6 Å². The molecule has 1 aromatic carbocycles. The zero-order chi connectivity index (χ0) is 20.9. The molecule has 0 saturated carbocycles. The molecule has 1 atom stereocenters. The molecule has 2 aliphatic heterocycles. The Morgan fingerprint density at radius 2 is 1.93 bits per heavy atom. The van der Waals surface area contributed by atoms with Crippen LogP contribution in [-0.4, -0.2) is 45.4 Å². The molecule has 5 rings (SSSR count). The van der Waals surface area contributed by atoms with Crippen molar-refractivity contribution >= 4 is 39.2 Å². The Kier molecular flexibility index (Phi) is 4.56. The fraction of sp³-hybridized carbons (Fsp3) is 0.364. The summed E-state index contributed by atoms with van der Waals surface area (Å²) in [7, 11) is 0. The largest absolute Gasteiger partial charge is 0.329 e. The Hall–Kier alpha value is -2.84. The van der Waals surface area contributed by atoms with Crippen LogP contribution in [0.15, 0.2) is 42.0 Å². The van der Waals surface area contributed by atoms with Gasteiger partial charge in [-0.1, -0.05) is 6.07 Å². The van der Waals surface area contributed by atoms with Crippen molar-refractivity contribution in [3.05, 3.63) is 53.3 Å². The first-order valence-electron chi connectivity index (χ1n) is 10.1. The van der Waals surface area contributed by atoms with Gasteiger partial charge in [0.1, 0.15) is 5.54 Å². The van der Waals surface area contributed by atoms with Gasteiger partial charge in [-0.15, -0.1) is 11.3 Å². The molecule has 2 aromatic heterocycles. The van der Waals surface area contributed by atoms with Crippen LogP contribution in [0, 0.1) is 6.92 Å². The number of anilines is 1. The maximum Gasteiger partial charge on any atom is 0.329 e. The van der Waals surface area contributed by atoms with Crippen molar-refractivity contribution < 1.29 is 9.59 Å². The minimum Gasteiger partial charge on any atom is -0.323 e. The lowest BCUT2D eigenvalue weighted by Gasteiger charge is -2.40. The molecule has 154 valence electrons. The van der Waals surface area contributed by atoms with E-state index in [4.69, 9.17) is 0 Å². The number of urea groups is 1. The van der Waals surface area contributed by atoms with Crippen molar-refractivity contribution in [3.63, 3.8) is 0 Å². The van der Waals surface area contributed by atoms with E-state index >= 15 is 0 Å². The van der Waals surface area contributed by atoms with Crippen LogP contribution < -0.4 is 10.2 Å². The standard InChI is InChI=1S/C22H23N5O2S/c1-14-3-5-17(12-23-14)27-20(28)22(25-21(27)29)7-9-26(10-8-22)15(2)16-4-6-19-18(11-16)24-13-30-19/h3-6,11-13,15H,7-10H2,1-2H3,(H,25,29)/t15-/m1/s1. The maximum absolute atomic E-state index is 13.2. The number of hydrogen-bond acceptors (Lipinski definition) is 6. The first-order chi connectivity index (χ1) is 14.5. The van der Waals surface area contributed by atoms with Crippen molar-refractivity contribution in [3.8, 4) is 0 Å². The van der Waals surface area contributed by atoms with E-state index in [1.165, 1.54) is 15.2 Å². The van der Waals surface area contributed by atoms with Crippen molar-refractivity contribution in [2.45, 2.75) is 38.3 Å². The third kappa shape index (κ3) is 3.07. The molecule has 0 bridgehead atoms. The van der Waals surface area contributed by atoms with Gasteiger partial charge in [0.25, 0.3) is 5.91 Å². The number of nitrogens with zero attached hydrogens (tertiary/aromatic N) is 4. The summed E-state index contributed by atoms with van der Waals surface area (Å²) < 4.78 is 1.19. The number of nitrogens with one attached hydrogen (secondary N) is 1. The minimum absolute atomic E-state index is 0.172. The van der Waals surface area contributed by atoms with Crippen LogP contribution in [0.25, 0.3) is 10.2 Å². The Labute approximate surface area is 178 Å². The molecule has 0 aliphatic carbocycles. The smallest absolute Gasteiger partial charge is 0.323 e.